The van der Waals surface area contributed by atoms with Crippen LogP contribution in [0.15, 0.2) is 27.6 Å². The molecule has 3 nitrogen and oxygen atoms in total. The number of rotatable bonds is 5. The highest BCUT2D eigenvalue weighted by atomic mass is 79.9. The molecular formula is C11H14BrNO2S. The maximum absolute atomic E-state index is 10.5. The summed E-state index contributed by atoms with van der Waals surface area (Å²) in [5, 5.41) is 8.63. The molecule has 0 spiro atoms. The van der Waals surface area contributed by atoms with Gasteiger partial charge in [-0.3, -0.25) is 4.79 Å². The van der Waals surface area contributed by atoms with Crippen LogP contribution in [0, 0.1) is 0 Å². The monoisotopic (exact) mass is 303 g/mol. The molecule has 1 aromatic carbocycles. The number of hydrogen-bond acceptors (Lipinski definition) is 3. The first-order valence-electron chi connectivity index (χ1n) is 4.86. The van der Waals surface area contributed by atoms with Crippen LogP contribution in [0.4, 0.5) is 0 Å². The Labute approximate surface area is 108 Å². The van der Waals surface area contributed by atoms with Crippen molar-refractivity contribution in [3.05, 3.63) is 28.2 Å². The summed E-state index contributed by atoms with van der Waals surface area (Å²) in [5.41, 5.74) is 7.01. The summed E-state index contributed by atoms with van der Waals surface area (Å²) >= 11 is 5.07. The lowest BCUT2D eigenvalue weighted by atomic mass is 10.0. The Hall–Kier alpha value is -0.520. The minimum absolute atomic E-state index is 0.0936. The zero-order valence-electron chi connectivity index (χ0n) is 8.94. The normalized spacial score (nSPS) is 12.4. The molecule has 88 valence electrons. The molecule has 5 heteroatoms. The molecular weight excluding hydrogens is 290 g/mol. The number of carboxylic acid groups (broad SMARTS) is 1. The lowest BCUT2D eigenvalue weighted by Gasteiger charge is -2.16. The minimum atomic E-state index is -0.812. The van der Waals surface area contributed by atoms with E-state index in [-0.39, 0.29) is 12.5 Å². The molecule has 0 heterocycles. The van der Waals surface area contributed by atoms with Gasteiger partial charge < -0.3 is 10.8 Å². The molecule has 0 aliphatic rings. The highest BCUT2D eigenvalue weighted by Crippen LogP contribution is 2.33. The maximum atomic E-state index is 10.5. The van der Waals surface area contributed by atoms with Crippen molar-refractivity contribution >= 4 is 33.7 Å². The predicted octanol–water partition coefficient (Wildman–Crippen LogP) is 3.04. The van der Waals surface area contributed by atoms with E-state index in [1.165, 1.54) is 0 Å². The average molecular weight is 304 g/mol. The third-order valence-electron chi connectivity index (χ3n) is 2.27. The van der Waals surface area contributed by atoms with E-state index in [1.807, 2.05) is 24.5 Å². The Kier molecular flexibility index (Phi) is 5.31. The Balaban J connectivity index is 2.88. The predicted molar refractivity (Wildman–Crippen MR) is 69.7 cm³/mol. The van der Waals surface area contributed by atoms with Gasteiger partial charge in [-0.25, -0.2) is 0 Å². The number of halogens is 1. The fourth-order valence-electron chi connectivity index (χ4n) is 1.48. The largest absolute Gasteiger partial charge is 0.481 e. The van der Waals surface area contributed by atoms with Gasteiger partial charge in [0, 0.05) is 21.8 Å². The molecule has 0 radical (unpaired) electrons. The van der Waals surface area contributed by atoms with Gasteiger partial charge >= 0.3 is 5.97 Å². The molecule has 0 bridgehead atoms. The number of nitrogens with two attached hydrogens (primary N) is 1. The third-order valence-corrected chi connectivity index (χ3v) is 3.76. The van der Waals surface area contributed by atoms with E-state index in [2.05, 4.69) is 15.9 Å². The van der Waals surface area contributed by atoms with Crippen LogP contribution in [0.2, 0.25) is 0 Å². The summed E-state index contributed by atoms with van der Waals surface area (Å²) in [5.74, 6) is -0.812. The van der Waals surface area contributed by atoms with Crippen LogP contribution in [0.1, 0.15) is 24.4 Å². The lowest BCUT2D eigenvalue weighted by Crippen LogP contribution is -2.13. The van der Waals surface area contributed by atoms with Gasteiger partial charge in [-0.1, -0.05) is 22.0 Å². The highest BCUT2D eigenvalue weighted by molar-refractivity contribution is 9.10. The Bertz CT molecular complexity index is 384. The van der Waals surface area contributed by atoms with Crippen molar-refractivity contribution < 1.29 is 9.90 Å². The molecule has 0 saturated carbocycles. The topological polar surface area (TPSA) is 63.3 Å². The SMILES string of the molecule is CSc1cccc(Br)c1C(N)CCC(=O)O. The third kappa shape index (κ3) is 3.50. The summed E-state index contributed by atoms with van der Waals surface area (Å²) in [6.45, 7) is 0. The van der Waals surface area contributed by atoms with E-state index in [9.17, 15) is 4.79 Å². The standard InChI is InChI=1S/C11H14BrNO2S/c1-16-9-4-2-3-7(12)11(9)8(13)5-6-10(14)15/h2-4,8H,5-6,13H2,1H3,(H,14,15). The van der Waals surface area contributed by atoms with Gasteiger partial charge in [0.25, 0.3) is 0 Å². The Morgan fingerprint density at radius 3 is 2.88 bits per heavy atom. The summed E-state index contributed by atoms with van der Waals surface area (Å²) in [6.07, 6.45) is 2.52. The average Bonchev–Trinajstić information content (AvgIpc) is 2.25. The molecule has 1 aromatic rings. The van der Waals surface area contributed by atoms with Gasteiger partial charge in [-0.2, -0.15) is 0 Å². The Morgan fingerprint density at radius 1 is 1.62 bits per heavy atom. The van der Waals surface area contributed by atoms with Crippen LogP contribution in [0.3, 0.4) is 0 Å². The summed E-state index contributed by atoms with van der Waals surface area (Å²) in [6, 6.07) is 5.62. The summed E-state index contributed by atoms with van der Waals surface area (Å²) in [7, 11) is 0. The molecule has 0 amide bonds. The number of benzene rings is 1. The molecule has 1 rings (SSSR count). The molecule has 0 aromatic heterocycles. The first kappa shape index (κ1) is 13.5. The van der Waals surface area contributed by atoms with E-state index in [4.69, 9.17) is 10.8 Å². The molecule has 0 saturated heterocycles. The fourth-order valence-corrected chi connectivity index (χ4v) is 2.97. The van der Waals surface area contributed by atoms with E-state index in [0.717, 1.165) is 14.9 Å². The molecule has 0 aliphatic carbocycles. The quantitative estimate of drug-likeness (QED) is 0.821. The van der Waals surface area contributed by atoms with Crippen molar-refractivity contribution in [1.29, 1.82) is 0 Å². The number of carboxylic acids is 1. The second-order valence-corrected chi connectivity index (χ2v) is 5.10. The first-order chi connectivity index (χ1) is 7.56. The van der Waals surface area contributed by atoms with Crippen LogP contribution in [-0.4, -0.2) is 17.3 Å². The van der Waals surface area contributed by atoms with Crippen molar-refractivity contribution in [3.8, 4) is 0 Å². The van der Waals surface area contributed by atoms with Crippen LogP contribution < -0.4 is 5.73 Å². The van der Waals surface area contributed by atoms with E-state index in [1.54, 1.807) is 11.8 Å². The Morgan fingerprint density at radius 2 is 2.31 bits per heavy atom. The second kappa shape index (κ2) is 6.27. The molecule has 1 unspecified atom stereocenters. The van der Waals surface area contributed by atoms with Crippen LogP contribution in [0.25, 0.3) is 0 Å². The van der Waals surface area contributed by atoms with Crippen molar-refractivity contribution in [3.63, 3.8) is 0 Å². The molecule has 16 heavy (non-hydrogen) atoms. The minimum Gasteiger partial charge on any atom is -0.481 e. The number of hydrogen-bond donors (Lipinski definition) is 2. The van der Waals surface area contributed by atoms with Crippen molar-refractivity contribution in [1.82, 2.24) is 0 Å². The molecule has 1 atom stereocenters. The summed E-state index contributed by atoms with van der Waals surface area (Å²) in [4.78, 5) is 11.6. The highest BCUT2D eigenvalue weighted by Gasteiger charge is 2.15. The number of aliphatic carboxylic acids is 1. The first-order valence-corrected chi connectivity index (χ1v) is 6.87. The van der Waals surface area contributed by atoms with E-state index in [0.29, 0.717) is 6.42 Å². The maximum Gasteiger partial charge on any atom is 0.303 e. The van der Waals surface area contributed by atoms with Crippen molar-refractivity contribution in [2.45, 2.75) is 23.8 Å². The van der Waals surface area contributed by atoms with Crippen molar-refractivity contribution in [2.75, 3.05) is 6.26 Å². The zero-order chi connectivity index (χ0) is 12.1. The molecule has 3 N–H and O–H groups in total. The van der Waals surface area contributed by atoms with Gasteiger partial charge in [0.2, 0.25) is 0 Å². The van der Waals surface area contributed by atoms with Crippen LogP contribution >= 0.6 is 27.7 Å². The van der Waals surface area contributed by atoms with Gasteiger partial charge in [0.1, 0.15) is 0 Å². The van der Waals surface area contributed by atoms with Gasteiger partial charge in [-0.05, 0) is 30.4 Å². The second-order valence-electron chi connectivity index (χ2n) is 3.39. The van der Waals surface area contributed by atoms with Crippen LogP contribution in [-0.2, 0) is 4.79 Å². The number of carbonyl (C=O) groups is 1. The van der Waals surface area contributed by atoms with Crippen molar-refractivity contribution in [2.24, 2.45) is 5.73 Å². The van der Waals surface area contributed by atoms with E-state index >= 15 is 0 Å². The van der Waals surface area contributed by atoms with Gasteiger partial charge in [0.15, 0.2) is 0 Å². The van der Waals surface area contributed by atoms with Gasteiger partial charge in [0.05, 0.1) is 0 Å². The molecule has 0 fully saturated rings. The fraction of sp³-hybridized carbons (Fsp3) is 0.364. The summed E-state index contributed by atoms with van der Waals surface area (Å²) < 4.78 is 0.942. The van der Waals surface area contributed by atoms with E-state index < -0.39 is 5.97 Å². The lowest BCUT2D eigenvalue weighted by molar-refractivity contribution is -0.137. The molecule has 0 aliphatic heterocycles. The zero-order valence-corrected chi connectivity index (χ0v) is 11.3. The number of thioether (sulfide) groups is 1. The van der Waals surface area contributed by atoms with Gasteiger partial charge in [-0.15, -0.1) is 11.8 Å². The van der Waals surface area contributed by atoms with Crippen LogP contribution in [0.5, 0.6) is 0 Å². The smallest absolute Gasteiger partial charge is 0.303 e.